The molecule has 0 saturated carbocycles. The standard InChI is InChI=1S/C14H18F3IN2O2/c15-14(16,17)11-2-1-3-12(8-11)20-6-4-19(5-7-20)9-13(21)10-22-18/h1-3,8,13,21H,4-7,9-10H2. The number of aliphatic hydroxyl groups is 1. The van der Waals surface area contributed by atoms with Gasteiger partial charge in [-0.3, -0.25) is 4.90 Å². The first-order valence-electron chi connectivity index (χ1n) is 6.96. The zero-order valence-corrected chi connectivity index (χ0v) is 14.0. The smallest absolute Gasteiger partial charge is 0.389 e. The second-order valence-electron chi connectivity index (χ2n) is 5.27. The lowest BCUT2D eigenvalue weighted by Gasteiger charge is -2.37. The van der Waals surface area contributed by atoms with Gasteiger partial charge in [0, 0.05) is 38.4 Å². The van der Waals surface area contributed by atoms with Crippen LogP contribution in [0, 0.1) is 0 Å². The van der Waals surface area contributed by atoms with Crippen LogP contribution in [-0.4, -0.2) is 55.4 Å². The number of rotatable bonds is 5. The molecule has 1 fully saturated rings. The zero-order valence-electron chi connectivity index (χ0n) is 11.9. The van der Waals surface area contributed by atoms with Gasteiger partial charge in [0.2, 0.25) is 0 Å². The largest absolute Gasteiger partial charge is 0.416 e. The van der Waals surface area contributed by atoms with Crippen molar-refractivity contribution < 1.29 is 21.3 Å². The Bertz CT molecular complexity index is 479. The molecular weight excluding hydrogens is 412 g/mol. The molecule has 1 atom stereocenters. The fourth-order valence-electron chi connectivity index (χ4n) is 2.49. The third-order valence-corrected chi connectivity index (χ3v) is 3.99. The average Bonchev–Trinajstić information content (AvgIpc) is 2.47. The minimum atomic E-state index is -4.32. The molecule has 1 heterocycles. The molecule has 0 bridgehead atoms. The second-order valence-corrected chi connectivity index (χ2v) is 5.89. The van der Waals surface area contributed by atoms with Crippen LogP contribution < -0.4 is 4.90 Å². The number of hydrogen-bond donors (Lipinski definition) is 1. The SMILES string of the molecule is OC(COI)CN1CCN(c2cccc(C(F)(F)F)c2)CC1. The van der Waals surface area contributed by atoms with Gasteiger partial charge in [-0.25, -0.2) is 0 Å². The number of hydrogen-bond acceptors (Lipinski definition) is 4. The first-order chi connectivity index (χ1) is 10.4. The summed E-state index contributed by atoms with van der Waals surface area (Å²) in [6, 6.07) is 5.41. The number of β-amino-alcohol motifs (C(OH)–C–C–N with tert-alkyl or cyclic N) is 1. The molecule has 0 radical (unpaired) electrons. The van der Waals surface area contributed by atoms with Crippen molar-refractivity contribution in [2.45, 2.75) is 12.3 Å². The first-order valence-corrected chi connectivity index (χ1v) is 7.84. The molecule has 1 aliphatic heterocycles. The summed E-state index contributed by atoms with van der Waals surface area (Å²) in [4.78, 5) is 4.03. The highest BCUT2D eigenvalue weighted by molar-refractivity contribution is 14.1. The van der Waals surface area contributed by atoms with Crippen molar-refractivity contribution in [3.63, 3.8) is 0 Å². The van der Waals surface area contributed by atoms with Crippen LogP contribution in [0.15, 0.2) is 24.3 Å². The topological polar surface area (TPSA) is 35.9 Å². The van der Waals surface area contributed by atoms with Crippen molar-refractivity contribution in [2.75, 3.05) is 44.2 Å². The molecule has 0 aliphatic carbocycles. The quantitative estimate of drug-likeness (QED) is 0.729. The number of alkyl halides is 3. The summed E-state index contributed by atoms with van der Waals surface area (Å²) in [5.74, 6) is 0. The van der Waals surface area contributed by atoms with Crippen LogP contribution in [-0.2, 0) is 9.24 Å². The Morgan fingerprint density at radius 3 is 2.50 bits per heavy atom. The van der Waals surface area contributed by atoms with Crippen molar-refractivity contribution in [3.05, 3.63) is 29.8 Å². The van der Waals surface area contributed by atoms with E-state index in [0.29, 0.717) is 38.4 Å². The van der Waals surface area contributed by atoms with Crippen molar-refractivity contribution in [2.24, 2.45) is 0 Å². The summed E-state index contributed by atoms with van der Waals surface area (Å²) in [5.41, 5.74) is -0.0346. The van der Waals surface area contributed by atoms with Gasteiger partial charge in [0.15, 0.2) is 0 Å². The summed E-state index contributed by atoms with van der Waals surface area (Å²) in [7, 11) is 0. The number of aliphatic hydroxyl groups excluding tert-OH is 1. The molecule has 2 rings (SSSR count). The predicted molar refractivity (Wildman–Crippen MR) is 86.1 cm³/mol. The van der Waals surface area contributed by atoms with E-state index in [0.717, 1.165) is 6.07 Å². The van der Waals surface area contributed by atoms with Crippen LogP contribution in [0.4, 0.5) is 18.9 Å². The Hall–Kier alpha value is -0.580. The molecule has 1 unspecified atom stereocenters. The predicted octanol–water partition coefficient (Wildman–Crippen LogP) is 2.55. The molecule has 1 saturated heterocycles. The maximum atomic E-state index is 12.7. The van der Waals surface area contributed by atoms with Crippen LogP contribution in [0.3, 0.4) is 0 Å². The van der Waals surface area contributed by atoms with E-state index in [9.17, 15) is 18.3 Å². The normalized spacial score (nSPS) is 18.5. The minimum absolute atomic E-state index is 0.272. The Labute approximate surface area is 141 Å². The molecule has 0 aromatic heterocycles. The summed E-state index contributed by atoms with van der Waals surface area (Å²) in [6.07, 6.45) is -4.86. The van der Waals surface area contributed by atoms with E-state index in [1.165, 1.54) is 12.1 Å². The van der Waals surface area contributed by atoms with Gasteiger partial charge in [-0.05, 0) is 18.2 Å². The summed E-state index contributed by atoms with van der Waals surface area (Å²) in [5, 5.41) is 9.70. The van der Waals surface area contributed by atoms with Crippen LogP contribution in [0.25, 0.3) is 0 Å². The third-order valence-electron chi connectivity index (χ3n) is 3.64. The van der Waals surface area contributed by atoms with Crippen LogP contribution in [0.1, 0.15) is 5.56 Å². The molecule has 1 N–H and O–H groups in total. The Morgan fingerprint density at radius 1 is 1.23 bits per heavy atom. The van der Waals surface area contributed by atoms with Gasteiger partial charge in [0.1, 0.15) is 23.0 Å². The van der Waals surface area contributed by atoms with E-state index in [4.69, 9.17) is 3.07 Å². The number of nitrogens with zero attached hydrogens (tertiary/aromatic N) is 2. The molecule has 8 heteroatoms. The lowest BCUT2D eigenvalue weighted by molar-refractivity contribution is -0.137. The Kier molecular flexibility index (Phi) is 6.30. The van der Waals surface area contributed by atoms with Gasteiger partial charge < -0.3 is 13.1 Å². The number of halogens is 4. The number of anilines is 1. The van der Waals surface area contributed by atoms with Crippen molar-refractivity contribution in [1.82, 2.24) is 4.90 Å². The Balaban J connectivity index is 1.92. The van der Waals surface area contributed by atoms with E-state index < -0.39 is 17.8 Å². The molecule has 1 aromatic carbocycles. The monoisotopic (exact) mass is 430 g/mol. The third kappa shape index (κ3) is 4.97. The van der Waals surface area contributed by atoms with E-state index in [-0.39, 0.29) is 6.61 Å². The zero-order chi connectivity index (χ0) is 16.2. The molecule has 4 nitrogen and oxygen atoms in total. The Morgan fingerprint density at radius 2 is 1.91 bits per heavy atom. The van der Waals surface area contributed by atoms with Gasteiger partial charge in [-0.15, -0.1) is 0 Å². The van der Waals surface area contributed by atoms with Gasteiger partial charge in [0.05, 0.1) is 18.3 Å². The lowest BCUT2D eigenvalue weighted by atomic mass is 10.1. The first kappa shape index (κ1) is 17.8. The highest BCUT2D eigenvalue weighted by Gasteiger charge is 2.31. The fraction of sp³-hybridized carbons (Fsp3) is 0.571. The highest BCUT2D eigenvalue weighted by atomic mass is 127. The number of piperazine rings is 1. The second kappa shape index (κ2) is 7.80. The van der Waals surface area contributed by atoms with E-state index in [2.05, 4.69) is 4.90 Å². The van der Waals surface area contributed by atoms with Gasteiger partial charge in [0.25, 0.3) is 0 Å². The van der Waals surface area contributed by atoms with Crippen LogP contribution >= 0.6 is 23.0 Å². The van der Waals surface area contributed by atoms with E-state index in [1.54, 1.807) is 29.1 Å². The minimum Gasteiger partial charge on any atom is -0.389 e. The summed E-state index contributed by atoms with van der Waals surface area (Å²) < 4.78 is 43.1. The lowest BCUT2D eigenvalue weighted by Crippen LogP contribution is -2.49. The molecule has 1 aliphatic rings. The van der Waals surface area contributed by atoms with Crippen molar-refractivity contribution in [3.8, 4) is 0 Å². The van der Waals surface area contributed by atoms with Crippen molar-refractivity contribution in [1.29, 1.82) is 0 Å². The van der Waals surface area contributed by atoms with Crippen LogP contribution in [0.2, 0.25) is 0 Å². The molecule has 0 spiro atoms. The fourth-order valence-corrected chi connectivity index (χ4v) is 2.91. The highest BCUT2D eigenvalue weighted by Crippen LogP contribution is 2.31. The van der Waals surface area contributed by atoms with E-state index in [1.807, 2.05) is 4.90 Å². The maximum absolute atomic E-state index is 12.7. The molecule has 124 valence electrons. The van der Waals surface area contributed by atoms with Gasteiger partial charge in [-0.2, -0.15) is 13.2 Å². The summed E-state index contributed by atoms with van der Waals surface area (Å²) in [6.45, 7) is 3.47. The number of benzene rings is 1. The molecular formula is C14H18F3IN2O2. The molecule has 22 heavy (non-hydrogen) atoms. The van der Waals surface area contributed by atoms with Gasteiger partial charge >= 0.3 is 6.18 Å². The van der Waals surface area contributed by atoms with Gasteiger partial charge in [-0.1, -0.05) is 6.07 Å². The molecule has 1 aromatic rings. The molecule has 0 amide bonds. The van der Waals surface area contributed by atoms with E-state index >= 15 is 0 Å². The maximum Gasteiger partial charge on any atom is 0.416 e. The van der Waals surface area contributed by atoms with Crippen LogP contribution in [0.5, 0.6) is 0 Å². The van der Waals surface area contributed by atoms with Crippen molar-refractivity contribution >= 4 is 28.7 Å². The average molecular weight is 430 g/mol. The summed E-state index contributed by atoms with van der Waals surface area (Å²) >= 11 is 1.74.